The van der Waals surface area contributed by atoms with Crippen LogP contribution in [0.15, 0.2) is 59.3 Å². The lowest BCUT2D eigenvalue weighted by Gasteiger charge is -2.13. The van der Waals surface area contributed by atoms with Crippen molar-refractivity contribution in [2.75, 3.05) is 7.11 Å². The summed E-state index contributed by atoms with van der Waals surface area (Å²) in [4.78, 5) is 11.1. The van der Waals surface area contributed by atoms with E-state index in [2.05, 4.69) is 35.1 Å². The molecule has 0 unspecified atom stereocenters. The monoisotopic (exact) mass is 270 g/mol. The van der Waals surface area contributed by atoms with Gasteiger partial charge in [0.25, 0.3) is 0 Å². The summed E-state index contributed by atoms with van der Waals surface area (Å²) in [7, 11) is 1.39. The number of esters is 1. The zero-order valence-electron chi connectivity index (χ0n) is 12.1. The molecule has 0 saturated heterocycles. The van der Waals surface area contributed by atoms with Crippen LogP contribution in [0.25, 0.3) is 0 Å². The zero-order valence-corrected chi connectivity index (χ0v) is 12.1. The van der Waals surface area contributed by atoms with E-state index in [0.29, 0.717) is 0 Å². The maximum Gasteiger partial charge on any atom is 0.330 e. The molecule has 0 amide bonds. The van der Waals surface area contributed by atoms with Crippen molar-refractivity contribution in [3.8, 4) is 0 Å². The average molecular weight is 270 g/mol. The maximum atomic E-state index is 11.1. The molecule has 0 fully saturated rings. The standard InChI is InChI=1S/C18H22O2/c1-20-18(19)13-12-15-8-5-9-17(11-10-15)14-16-6-3-2-4-7-16/h5-6,8,10-13H,2-4,7,9,14H2,1H3/b13-12+. The number of ether oxygens (including phenoxy) is 1. The SMILES string of the molecule is COC(=O)/C=C/C1=CC=C(CC2=CCCCC2)CC=C1. The van der Waals surface area contributed by atoms with Crippen LogP contribution in [0.3, 0.4) is 0 Å². The first kappa shape index (κ1) is 14.6. The minimum absolute atomic E-state index is 0.319. The highest BCUT2D eigenvalue weighted by Crippen LogP contribution is 2.26. The molecule has 0 aromatic carbocycles. The van der Waals surface area contributed by atoms with Crippen LogP contribution in [0.4, 0.5) is 0 Å². The van der Waals surface area contributed by atoms with E-state index >= 15 is 0 Å². The van der Waals surface area contributed by atoms with Crippen LogP contribution in [0, 0.1) is 0 Å². The number of hydrogen-bond donors (Lipinski definition) is 0. The Hall–Kier alpha value is -1.83. The molecule has 0 bridgehead atoms. The third-order valence-corrected chi connectivity index (χ3v) is 3.65. The van der Waals surface area contributed by atoms with E-state index in [1.54, 1.807) is 11.6 Å². The Kier molecular flexibility index (Phi) is 5.60. The zero-order chi connectivity index (χ0) is 14.2. The van der Waals surface area contributed by atoms with Gasteiger partial charge in [-0.3, -0.25) is 0 Å². The Labute approximate surface area is 121 Å². The van der Waals surface area contributed by atoms with E-state index in [-0.39, 0.29) is 5.97 Å². The fourth-order valence-corrected chi connectivity index (χ4v) is 2.52. The lowest BCUT2D eigenvalue weighted by atomic mass is 9.93. The Morgan fingerprint density at radius 2 is 2.20 bits per heavy atom. The van der Waals surface area contributed by atoms with E-state index in [0.717, 1.165) is 18.4 Å². The molecule has 0 saturated carbocycles. The van der Waals surface area contributed by atoms with Crippen LogP contribution in [0.2, 0.25) is 0 Å². The molecular formula is C18H22O2. The van der Waals surface area contributed by atoms with Crippen LogP contribution in [0.5, 0.6) is 0 Å². The van der Waals surface area contributed by atoms with Crippen molar-refractivity contribution in [2.24, 2.45) is 0 Å². The summed E-state index contributed by atoms with van der Waals surface area (Å²) < 4.78 is 4.59. The molecule has 2 heteroatoms. The van der Waals surface area contributed by atoms with Crippen LogP contribution < -0.4 is 0 Å². The van der Waals surface area contributed by atoms with Gasteiger partial charge in [0, 0.05) is 6.08 Å². The molecule has 0 heterocycles. The minimum Gasteiger partial charge on any atom is -0.466 e. The molecule has 2 rings (SSSR count). The van der Waals surface area contributed by atoms with Crippen molar-refractivity contribution in [2.45, 2.75) is 38.5 Å². The second kappa shape index (κ2) is 7.68. The van der Waals surface area contributed by atoms with Crippen molar-refractivity contribution in [3.05, 3.63) is 59.3 Å². The number of carbonyl (C=O) groups is 1. The summed E-state index contributed by atoms with van der Waals surface area (Å²) in [5.41, 5.74) is 4.05. The fraction of sp³-hybridized carbons (Fsp3) is 0.389. The number of allylic oxidation sites excluding steroid dienone is 9. The van der Waals surface area contributed by atoms with Gasteiger partial charge in [-0.15, -0.1) is 0 Å². The molecular weight excluding hydrogens is 248 g/mol. The molecule has 2 aliphatic carbocycles. The van der Waals surface area contributed by atoms with Gasteiger partial charge in [0.05, 0.1) is 7.11 Å². The minimum atomic E-state index is -0.319. The predicted octanol–water partition coefficient (Wildman–Crippen LogP) is 4.42. The number of carbonyl (C=O) groups excluding carboxylic acids is 1. The van der Waals surface area contributed by atoms with E-state index < -0.39 is 0 Å². The maximum absolute atomic E-state index is 11.1. The van der Waals surface area contributed by atoms with Gasteiger partial charge in [0.15, 0.2) is 0 Å². The lowest BCUT2D eigenvalue weighted by molar-refractivity contribution is -0.134. The number of hydrogen-bond acceptors (Lipinski definition) is 2. The van der Waals surface area contributed by atoms with Gasteiger partial charge < -0.3 is 4.74 Å². The molecule has 2 nitrogen and oxygen atoms in total. The molecule has 20 heavy (non-hydrogen) atoms. The predicted molar refractivity (Wildman–Crippen MR) is 82.2 cm³/mol. The van der Waals surface area contributed by atoms with E-state index in [9.17, 15) is 4.79 Å². The topological polar surface area (TPSA) is 26.3 Å². The van der Waals surface area contributed by atoms with Gasteiger partial charge in [0.2, 0.25) is 0 Å². The summed E-state index contributed by atoms with van der Waals surface area (Å²) in [6.45, 7) is 0. The Bertz CT molecular complexity index is 502. The van der Waals surface area contributed by atoms with E-state index in [4.69, 9.17) is 0 Å². The Balaban J connectivity index is 1.99. The summed E-state index contributed by atoms with van der Waals surface area (Å²) in [5, 5.41) is 0. The van der Waals surface area contributed by atoms with Crippen molar-refractivity contribution in [1.82, 2.24) is 0 Å². The molecule has 0 aliphatic heterocycles. The van der Waals surface area contributed by atoms with Crippen molar-refractivity contribution in [3.63, 3.8) is 0 Å². The molecule has 0 atom stereocenters. The quantitative estimate of drug-likeness (QED) is 0.429. The first-order chi connectivity index (χ1) is 9.78. The number of methoxy groups -OCH3 is 1. The van der Waals surface area contributed by atoms with Gasteiger partial charge in [-0.1, -0.05) is 41.5 Å². The second-order valence-electron chi connectivity index (χ2n) is 5.24. The average Bonchev–Trinajstić information content (AvgIpc) is 2.71. The van der Waals surface area contributed by atoms with Crippen LogP contribution in [-0.2, 0) is 9.53 Å². The van der Waals surface area contributed by atoms with Crippen LogP contribution >= 0.6 is 0 Å². The Morgan fingerprint density at radius 1 is 1.30 bits per heavy atom. The molecule has 0 aromatic rings. The van der Waals surface area contributed by atoms with Crippen molar-refractivity contribution < 1.29 is 9.53 Å². The largest absolute Gasteiger partial charge is 0.466 e. The number of rotatable bonds is 4. The van der Waals surface area contributed by atoms with E-state index in [1.807, 2.05) is 0 Å². The summed E-state index contributed by atoms with van der Waals surface area (Å²) >= 11 is 0. The first-order valence-corrected chi connectivity index (χ1v) is 7.28. The summed E-state index contributed by atoms with van der Waals surface area (Å²) in [6.07, 6.45) is 21.4. The fourth-order valence-electron chi connectivity index (χ4n) is 2.52. The third-order valence-electron chi connectivity index (χ3n) is 3.65. The molecule has 0 aromatic heterocycles. The first-order valence-electron chi connectivity index (χ1n) is 7.28. The van der Waals surface area contributed by atoms with E-state index in [1.165, 1.54) is 44.4 Å². The highest BCUT2D eigenvalue weighted by atomic mass is 16.5. The van der Waals surface area contributed by atoms with Gasteiger partial charge in [-0.05, 0) is 50.2 Å². The lowest BCUT2D eigenvalue weighted by Crippen LogP contribution is -1.93. The highest BCUT2D eigenvalue weighted by molar-refractivity contribution is 5.82. The smallest absolute Gasteiger partial charge is 0.330 e. The van der Waals surface area contributed by atoms with Gasteiger partial charge in [-0.25, -0.2) is 4.79 Å². The third kappa shape index (κ3) is 4.69. The van der Waals surface area contributed by atoms with Crippen LogP contribution in [-0.4, -0.2) is 13.1 Å². The van der Waals surface area contributed by atoms with Crippen LogP contribution in [0.1, 0.15) is 38.5 Å². The molecule has 2 aliphatic rings. The highest BCUT2D eigenvalue weighted by Gasteiger charge is 2.06. The van der Waals surface area contributed by atoms with Gasteiger partial charge in [0.1, 0.15) is 0 Å². The van der Waals surface area contributed by atoms with Gasteiger partial charge >= 0.3 is 5.97 Å². The second-order valence-corrected chi connectivity index (χ2v) is 5.24. The normalized spacial score (nSPS) is 19.1. The molecule has 0 spiro atoms. The molecule has 0 radical (unpaired) electrons. The van der Waals surface area contributed by atoms with Crippen molar-refractivity contribution >= 4 is 5.97 Å². The summed E-state index contributed by atoms with van der Waals surface area (Å²) in [5.74, 6) is -0.319. The van der Waals surface area contributed by atoms with Crippen molar-refractivity contribution in [1.29, 1.82) is 0 Å². The summed E-state index contributed by atoms with van der Waals surface area (Å²) in [6, 6.07) is 0. The Morgan fingerprint density at radius 3 is 2.95 bits per heavy atom. The molecule has 106 valence electrons. The van der Waals surface area contributed by atoms with Gasteiger partial charge in [-0.2, -0.15) is 0 Å². The molecule has 0 N–H and O–H groups in total.